The molecule has 0 fully saturated rings. The summed E-state index contributed by atoms with van der Waals surface area (Å²) >= 11 is 0. The largest absolute Gasteiger partial charge is 0.478 e. The lowest BCUT2D eigenvalue weighted by molar-refractivity contribution is -0.127. The van der Waals surface area contributed by atoms with Crippen molar-refractivity contribution >= 4 is 5.91 Å². The van der Waals surface area contributed by atoms with Crippen molar-refractivity contribution in [3.63, 3.8) is 0 Å². The molecule has 0 aliphatic rings. The molecule has 1 amide bonds. The number of carbonyl (C=O) groups excluding carboxylic acids is 1. The highest BCUT2D eigenvalue weighted by molar-refractivity contribution is 5.77. The van der Waals surface area contributed by atoms with Crippen LogP contribution >= 0.6 is 0 Å². The van der Waals surface area contributed by atoms with Crippen molar-refractivity contribution in [1.29, 1.82) is 0 Å². The number of aromatic nitrogens is 1. The predicted molar refractivity (Wildman–Crippen MR) is 108 cm³/mol. The number of hydrogen-bond donors (Lipinski definition) is 1. The molecule has 1 aromatic heterocycles. The van der Waals surface area contributed by atoms with E-state index in [0.717, 1.165) is 16.7 Å². The van der Waals surface area contributed by atoms with Crippen LogP contribution in [0.5, 0.6) is 5.88 Å². The number of nitrogens with one attached hydrogen (secondary N) is 1. The first-order chi connectivity index (χ1) is 13.8. The number of rotatable bonds is 9. The third-order valence-electron chi connectivity index (χ3n) is 4.19. The Kier molecular flexibility index (Phi) is 7.15. The first-order valence-electron chi connectivity index (χ1n) is 9.32. The van der Waals surface area contributed by atoms with Crippen LogP contribution in [0.15, 0.2) is 79.0 Å². The van der Waals surface area contributed by atoms with E-state index in [0.29, 0.717) is 19.0 Å². The lowest BCUT2D eigenvalue weighted by atomic mass is 10.0. The van der Waals surface area contributed by atoms with Gasteiger partial charge in [-0.25, -0.2) is 4.98 Å². The van der Waals surface area contributed by atoms with Crippen molar-refractivity contribution in [2.75, 3.05) is 13.2 Å². The molecule has 0 unspecified atom stereocenters. The van der Waals surface area contributed by atoms with Gasteiger partial charge in [0.25, 0.3) is 0 Å². The van der Waals surface area contributed by atoms with E-state index >= 15 is 0 Å². The number of carbonyl (C=O) groups is 1. The number of ether oxygens (including phenoxy) is 2. The predicted octanol–water partition coefficient (Wildman–Crippen LogP) is 3.90. The average molecular weight is 376 g/mol. The molecule has 0 saturated heterocycles. The van der Waals surface area contributed by atoms with Crippen LogP contribution in [0.4, 0.5) is 0 Å². The summed E-state index contributed by atoms with van der Waals surface area (Å²) in [7, 11) is 0. The Bertz CT molecular complexity index is 830. The average Bonchev–Trinajstić information content (AvgIpc) is 2.75. The first-order valence-corrected chi connectivity index (χ1v) is 9.32. The molecule has 28 heavy (non-hydrogen) atoms. The SMILES string of the molecule is CCOc1ncccc1CNC(=O)COC(c1ccccc1)c1ccccc1. The van der Waals surface area contributed by atoms with E-state index < -0.39 is 0 Å². The van der Waals surface area contributed by atoms with Gasteiger partial charge in [-0.05, 0) is 24.1 Å². The summed E-state index contributed by atoms with van der Waals surface area (Å²) in [6, 6.07) is 23.5. The molecule has 144 valence electrons. The number of benzene rings is 2. The van der Waals surface area contributed by atoms with Gasteiger partial charge in [0.05, 0.1) is 6.61 Å². The molecule has 0 radical (unpaired) electrons. The summed E-state index contributed by atoms with van der Waals surface area (Å²) in [5.41, 5.74) is 2.85. The van der Waals surface area contributed by atoms with E-state index in [4.69, 9.17) is 9.47 Å². The van der Waals surface area contributed by atoms with Gasteiger partial charge in [-0.15, -0.1) is 0 Å². The zero-order chi connectivity index (χ0) is 19.6. The number of amides is 1. The molecule has 3 aromatic rings. The molecule has 1 heterocycles. The highest BCUT2D eigenvalue weighted by Gasteiger charge is 2.16. The lowest BCUT2D eigenvalue weighted by Crippen LogP contribution is -2.28. The fraction of sp³-hybridized carbons (Fsp3) is 0.217. The van der Waals surface area contributed by atoms with Crippen molar-refractivity contribution in [3.8, 4) is 5.88 Å². The monoisotopic (exact) mass is 376 g/mol. The van der Waals surface area contributed by atoms with Gasteiger partial charge >= 0.3 is 0 Å². The molecule has 0 saturated carbocycles. The van der Waals surface area contributed by atoms with Crippen LogP contribution in [0, 0.1) is 0 Å². The molecule has 0 atom stereocenters. The van der Waals surface area contributed by atoms with Crippen molar-refractivity contribution in [2.45, 2.75) is 19.6 Å². The molecule has 0 bridgehead atoms. The van der Waals surface area contributed by atoms with Crippen molar-refractivity contribution in [2.24, 2.45) is 0 Å². The van der Waals surface area contributed by atoms with E-state index in [-0.39, 0.29) is 18.6 Å². The second-order valence-corrected chi connectivity index (χ2v) is 6.19. The minimum atomic E-state index is -0.300. The van der Waals surface area contributed by atoms with Crippen molar-refractivity contribution < 1.29 is 14.3 Å². The van der Waals surface area contributed by atoms with Crippen LogP contribution in [-0.4, -0.2) is 24.1 Å². The fourth-order valence-electron chi connectivity index (χ4n) is 2.87. The normalized spacial score (nSPS) is 10.6. The van der Waals surface area contributed by atoms with Gasteiger partial charge < -0.3 is 14.8 Å². The van der Waals surface area contributed by atoms with Gasteiger partial charge in [-0.1, -0.05) is 66.7 Å². The minimum Gasteiger partial charge on any atom is -0.478 e. The van der Waals surface area contributed by atoms with Crippen LogP contribution in [0.25, 0.3) is 0 Å². The van der Waals surface area contributed by atoms with E-state index in [1.165, 1.54) is 0 Å². The van der Waals surface area contributed by atoms with E-state index in [1.807, 2.05) is 79.7 Å². The van der Waals surface area contributed by atoms with Gasteiger partial charge in [0, 0.05) is 18.3 Å². The van der Waals surface area contributed by atoms with Gasteiger partial charge in [-0.2, -0.15) is 0 Å². The Morgan fingerprint density at radius 3 is 2.21 bits per heavy atom. The molecular weight excluding hydrogens is 352 g/mol. The van der Waals surface area contributed by atoms with Gasteiger partial charge in [0.1, 0.15) is 12.7 Å². The molecular formula is C23H24N2O3. The summed E-state index contributed by atoms with van der Waals surface area (Å²) in [4.78, 5) is 16.6. The maximum Gasteiger partial charge on any atom is 0.246 e. The third-order valence-corrected chi connectivity index (χ3v) is 4.19. The van der Waals surface area contributed by atoms with Crippen LogP contribution < -0.4 is 10.1 Å². The Morgan fingerprint density at radius 1 is 0.964 bits per heavy atom. The zero-order valence-corrected chi connectivity index (χ0v) is 15.9. The topological polar surface area (TPSA) is 60.5 Å². The van der Waals surface area contributed by atoms with Crippen LogP contribution in [0.2, 0.25) is 0 Å². The third kappa shape index (κ3) is 5.41. The van der Waals surface area contributed by atoms with Gasteiger partial charge in [0.15, 0.2) is 0 Å². The Labute approximate surface area is 165 Å². The first kappa shape index (κ1) is 19.6. The van der Waals surface area contributed by atoms with Crippen LogP contribution in [0.1, 0.15) is 29.7 Å². The van der Waals surface area contributed by atoms with E-state index in [9.17, 15) is 4.79 Å². The highest BCUT2D eigenvalue weighted by atomic mass is 16.5. The lowest BCUT2D eigenvalue weighted by Gasteiger charge is -2.19. The number of hydrogen-bond acceptors (Lipinski definition) is 4. The standard InChI is InChI=1S/C23H24N2O3/c1-2-27-23-20(14-9-15-24-23)16-25-21(26)17-28-22(18-10-5-3-6-11-18)19-12-7-4-8-13-19/h3-15,22H,2,16-17H2,1H3,(H,25,26). The fourth-order valence-corrected chi connectivity index (χ4v) is 2.87. The van der Waals surface area contributed by atoms with E-state index in [2.05, 4.69) is 10.3 Å². The maximum absolute atomic E-state index is 12.4. The minimum absolute atomic E-state index is 0.0430. The van der Waals surface area contributed by atoms with Crippen molar-refractivity contribution in [3.05, 3.63) is 95.7 Å². The summed E-state index contributed by atoms with van der Waals surface area (Å²) < 4.78 is 11.5. The number of pyridine rings is 1. The molecule has 5 nitrogen and oxygen atoms in total. The quantitative estimate of drug-likeness (QED) is 0.615. The van der Waals surface area contributed by atoms with Gasteiger partial charge in [-0.3, -0.25) is 4.79 Å². The smallest absolute Gasteiger partial charge is 0.246 e. The summed E-state index contributed by atoms with van der Waals surface area (Å²) in [5.74, 6) is 0.348. The van der Waals surface area contributed by atoms with Crippen LogP contribution in [-0.2, 0) is 16.1 Å². The van der Waals surface area contributed by atoms with Crippen LogP contribution in [0.3, 0.4) is 0 Å². The summed E-state index contributed by atoms with van der Waals surface area (Å²) in [5, 5.41) is 2.87. The Hall–Kier alpha value is -3.18. The second kappa shape index (κ2) is 10.2. The Morgan fingerprint density at radius 2 is 1.61 bits per heavy atom. The molecule has 0 spiro atoms. The number of nitrogens with zero attached hydrogens (tertiary/aromatic N) is 1. The Balaban J connectivity index is 1.61. The highest BCUT2D eigenvalue weighted by Crippen LogP contribution is 2.25. The maximum atomic E-state index is 12.4. The molecule has 0 aliphatic heterocycles. The second-order valence-electron chi connectivity index (χ2n) is 6.19. The zero-order valence-electron chi connectivity index (χ0n) is 15.9. The molecule has 3 rings (SSSR count). The van der Waals surface area contributed by atoms with Gasteiger partial charge in [0.2, 0.25) is 11.8 Å². The molecule has 0 aliphatic carbocycles. The summed E-state index contributed by atoms with van der Waals surface area (Å²) in [6.07, 6.45) is 1.37. The molecule has 2 aromatic carbocycles. The molecule has 1 N–H and O–H groups in total. The molecule has 5 heteroatoms. The summed E-state index contributed by atoms with van der Waals surface area (Å²) in [6.45, 7) is 2.72. The van der Waals surface area contributed by atoms with E-state index in [1.54, 1.807) is 6.20 Å². The van der Waals surface area contributed by atoms with Crippen molar-refractivity contribution in [1.82, 2.24) is 10.3 Å².